The molecule has 0 saturated heterocycles. The lowest BCUT2D eigenvalue weighted by Gasteiger charge is -2.10. The summed E-state index contributed by atoms with van der Waals surface area (Å²) in [5.41, 5.74) is 1.12. The Kier molecular flexibility index (Phi) is 5.90. The third-order valence-electron chi connectivity index (χ3n) is 4.80. The number of para-hydroxylation sites is 1. The van der Waals surface area contributed by atoms with E-state index in [1.54, 1.807) is 48.5 Å². The predicted molar refractivity (Wildman–Crippen MR) is 118 cm³/mol. The standard InChI is InChI=1S/C24H14ClF3N4O/c25-19-3-1-2-4-20(19)32-21(13-22(31-32)24(26,27)28)16-7-9-17(10-8-16)23(33)30-18-11-5-15(14-29)6-12-18/h1-13H,(H,30,33). The van der Waals surface area contributed by atoms with Crippen LogP contribution < -0.4 is 5.32 Å². The van der Waals surface area contributed by atoms with Crippen LogP contribution in [0.1, 0.15) is 21.6 Å². The van der Waals surface area contributed by atoms with Gasteiger partial charge in [-0.25, -0.2) is 4.68 Å². The van der Waals surface area contributed by atoms with Gasteiger partial charge in [0.25, 0.3) is 5.91 Å². The molecule has 0 aliphatic rings. The Bertz CT molecular complexity index is 1350. The van der Waals surface area contributed by atoms with E-state index >= 15 is 0 Å². The number of aromatic nitrogens is 2. The van der Waals surface area contributed by atoms with Gasteiger partial charge in [-0.1, -0.05) is 35.9 Å². The number of nitrogens with zero attached hydrogens (tertiary/aromatic N) is 3. The molecule has 0 atom stereocenters. The van der Waals surface area contributed by atoms with Crippen LogP contribution in [0.3, 0.4) is 0 Å². The van der Waals surface area contributed by atoms with Gasteiger partial charge in [-0.3, -0.25) is 4.79 Å². The molecule has 4 aromatic rings. The molecule has 3 aromatic carbocycles. The first kappa shape index (κ1) is 22.1. The molecular formula is C24H14ClF3N4O. The van der Waals surface area contributed by atoms with Crippen LogP contribution in [0.25, 0.3) is 16.9 Å². The molecule has 0 radical (unpaired) electrons. The average molecular weight is 467 g/mol. The van der Waals surface area contributed by atoms with Crippen molar-refractivity contribution in [3.05, 3.63) is 101 Å². The Morgan fingerprint density at radius 1 is 1.00 bits per heavy atom. The minimum absolute atomic E-state index is 0.175. The molecule has 1 N–H and O–H groups in total. The van der Waals surface area contributed by atoms with Crippen molar-refractivity contribution in [1.82, 2.24) is 9.78 Å². The minimum Gasteiger partial charge on any atom is -0.322 e. The number of hydrogen-bond donors (Lipinski definition) is 1. The molecule has 0 saturated carbocycles. The zero-order valence-electron chi connectivity index (χ0n) is 16.8. The fourth-order valence-electron chi connectivity index (χ4n) is 3.16. The molecular weight excluding hydrogens is 453 g/mol. The van der Waals surface area contributed by atoms with Crippen LogP contribution in [0, 0.1) is 11.3 Å². The molecule has 0 aliphatic heterocycles. The average Bonchev–Trinajstić information content (AvgIpc) is 3.26. The van der Waals surface area contributed by atoms with Crippen molar-refractivity contribution in [2.24, 2.45) is 0 Å². The monoisotopic (exact) mass is 466 g/mol. The lowest BCUT2D eigenvalue weighted by Crippen LogP contribution is -2.11. The van der Waals surface area contributed by atoms with Crippen molar-refractivity contribution < 1.29 is 18.0 Å². The SMILES string of the molecule is N#Cc1ccc(NC(=O)c2ccc(-c3cc(C(F)(F)F)nn3-c3ccccc3Cl)cc2)cc1. The second-order valence-electron chi connectivity index (χ2n) is 7.00. The van der Waals surface area contributed by atoms with Gasteiger partial charge in [0.05, 0.1) is 28.0 Å². The first-order valence-electron chi connectivity index (χ1n) is 9.60. The summed E-state index contributed by atoms with van der Waals surface area (Å²) in [4.78, 5) is 12.5. The van der Waals surface area contributed by atoms with Gasteiger partial charge < -0.3 is 5.32 Å². The van der Waals surface area contributed by atoms with Crippen LogP contribution in [0.15, 0.2) is 78.9 Å². The highest BCUT2D eigenvalue weighted by atomic mass is 35.5. The molecule has 33 heavy (non-hydrogen) atoms. The molecule has 164 valence electrons. The number of benzene rings is 3. The molecule has 0 spiro atoms. The van der Waals surface area contributed by atoms with Gasteiger partial charge in [-0.15, -0.1) is 0 Å². The number of amides is 1. The third-order valence-corrected chi connectivity index (χ3v) is 5.11. The lowest BCUT2D eigenvalue weighted by molar-refractivity contribution is -0.141. The number of rotatable bonds is 4. The van der Waals surface area contributed by atoms with Crippen molar-refractivity contribution in [2.45, 2.75) is 6.18 Å². The maximum absolute atomic E-state index is 13.4. The van der Waals surface area contributed by atoms with Gasteiger partial charge in [0.15, 0.2) is 5.69 Å². The molecule has 1 amide bonds. The molecule has 9 heteroatoms. The number of alkyl halides is 3. The molecule has 0 bridgehead atoms. The van der Waals surface area contributed by atoms with Gasteiger partial charge >= 0.3 is 6.18 Å². The van der Waals surface area contributed by atoms with Crippen LogP contribution >= 0.6 is 11.6 Å². The highest BCUT2D eigenvalue weighted by Gasteiger charge is 2.35. The van der Waals surface area contributed by atoms with Crippen molar-refractivity contribution in [3.8, 4) is 23.0 Å². The van der Waals surface area contributed by atoms with Crippen LogP contribution in [0.5, 0.6) is 0 Å². The summed E-state index contributed by atoms with van der Waals surface area (Å²) in [5, 5.41) is 15.5. The summed E-state index contributed by atoms with van der Waals surface area (Å²) >= 11 is 6.19. The number of hydrogen-bond acceptors (Lipinski definition) is 3. The Hall–Kier alpha value is -4.09. The number of anilines is 1. The molecule has 1 aromatic heterocycles. The largest absolute Gasteiger partial charge is 0.435 e. The van der Waals surface area contributed by atoms with E-state index in [4.69, 9.17) is 16.9 Å². The topological polar surface area (TPSA) is 70.7 Å². The van der Waals surface area contributed by atoms with E-state index in [2.05, 4.69) is 10.4 Å². The van der Waals surface area contributed by atoms with Crippen molar-refractivity contribution in [1.29, 1.82) is 5.26 Å². The normalized spacial score (nSPS) is 11.1. The summed E-state index contributed by atoms with van der Waals surface area (Å²) < 4.78 is 41.2. The van der Waals surface area contributed by atoms with Gasteiger partial charge in [0, 0.05) is 16.8 Å². The number of carbonyl (C=O) groups excluding carboxylic acids is 1. The van der Waals surface area contributed by atoms with Crippen molar-refractivity contribution >= 4 is 23.2 Å². The van der Waals surface area contributed by atoms with Gasteiger partial charge in [-0.2, -0.15) is 23.5 Å². The van der Waals surface area contributed by atoms with Crippen LogP contribution in [-0.4, -0.2) is 15.7 Å². The second kappa shape index (κ2) is 8.81. The van der Waals surface area contributed by atoms with E-state index in [-0.39, 0.29) is 10.7 Å². The maximum atomic E-state index is 13.4. The van der Waals surface area contributed by atoms with Gasteiger partial charge in [-0.05, 0) is 54.6 Å². The van der Waals surface area contributed by atoms with Gasteiger partial charge in [0.2, 0.25) is 0 Å². The Labute approximate surface area is 191 Å². The number of carbonyl (C=O) groups is 1. The highest BCUT2D eigenvalue weighted by molar-refractivity contribution is 6.32. The fourth-order valence-corrected chi connectivity index (χ4v) is 3.37. The molecule has 5 nitrogen and oxygen atoms in total. The Morgan fingerprint density at radius 3 is 2.27 bits per heavy atom. The first-order valence-corrected chi connectivity index (χ1v) is 9.98. The van der Waals surface area contributed by atoms with E-state index in [0.717, 1.165) is 10.7 Å². The summed E-state index contributed by atoms with van der Waals surface area (Å²) in [6.45, 7) is 0. The van der Waals surface area contributed by atoms with Crippen LogP contribution in [0.4, 0.5) is 18.9 Å². The minimum atomic E-state index is -4.64. The number of halogens is 4. The zero-order valence-corrected chi connectivity index (χ0v) is 17.5. The molecule has 0 aliphatic carbocycles. The fraction of sp³-hybridized carbons (Fsp3) is 0.0417. The third kappa shape index (κ3) is 4.73. The quantitative estimate of drug-likeness (QED) is 0.381. The predicted octanol–water partition coefficient (Wildman–Crippen LogP) is 6.34. The molecule has 0 unspecified atom stereocenters. The summed E-state index contributed by atoms with van der Waals surface area (Å²) in [5.74, 6) is -0.401. The van der Waals surface area contributed by atoms with E-state index in [0.29, 0.717) is 28.1 Å². The van der Waals surface area contributed by atoms with E-state index in [1.165, 1.54) is 24.3 Å². The summed E-state index contributed by atoms with van der Waals surface area (Å²) in [6, 6.07) is 21.8. The van der Waals surface area contributed by atoms with E-state index < -0.39 is 17.8 Å². The van der Waals surface area contributed by atoms with Crippen molar-refractivity contribution in [2.75, 3.05) is 5.32 Å². The van der Waals surface area contributed by atoms with Crippen molar-refractivity contribution in [3.63, 3.8) is 0 Å². The lowest BCUT2D eigenvalue weighted by atomic mass is 10.1. The smallest absolute Gasteiger partial charge is 0.322 e. The van der Waals surface area contributed by atoms with Crippen LogP contribution in [-0.2, 0) is 6.18 Å². The molecule has 4 rings (SSSR count). The number of nitriles is 1. The number of nitrogens with one attached hydrogen (secondary N) is 1. The zero-order chi connectivity index (χ0) is 23.6. The molecule has 0 fully saturated rings. The van der Waals surface area contributed by atoms with Gasteiger partial charge in [0.1, 0.15) is 0 Å². The highest BCUT2D eigenvalue weighted by Crippen LogP contribution is 2.34. The summed E-state index contributed by atoms with van der Waals surface area (Å²) in [6.07, 6.45) is -4.64. The second-order valence-corrected chi connectivity index (χ2v) is 7.40. The summed E-state index contributed by atoms with van der Waals surface area (Å²) in [7, 11) is 0. The Morgan fingerprint density at radius 2 is 1.67 bits per heavy atom. The first-order chi connectivity index (χ1) is 15.8. The van der Waals surface area contributed by atoms with E-state index in [9.17, 15) is 18.0 Å². The maximum Gasteiger partial charge on any atom is 0.435 e. The van der Waals surface area contributed by atoms with E-state index in [1.807, 2.05) is 6.07 Å². The van der Waals surface area contributed by atoms with Crippen LogP contribution in [0.2, 0.25) is 5.02 Å². The Balaban J connectivity index is 1.66. The molecule has 1 heterocycles.